The zero-order chi connectivity index (χ0) is 88.5. The molecule has 9 heteroatoms. The van der Waals surface area contributed by atoms with Gasteiger partial charge in [0.2, 0.25) is 0 Å². The van der Waals surface area contributed by atoms with Crippen LogP contribution in [0.5, 0.6) is 0 Å². The molecule has 0 aliphatic heterocycles. The minimum atomic E-state index is 1.18. The Morgan fingerprint density at radius 1 is 0.126 bits per heavy atom. The number of benzene rings is 21. The number of rotatable bonds is 9. The fraction of sp³-hybridized carbons (Fsp3) is 0. The third kappa shape index (κ3) is 11.8. The predicted octanol–water partition coefficient (Wildman–Crippen LogP) is 35.7. The van der Waals surface area contributed by atoms with Gasteiger partial charge >= 0.3 is 0 Å². The number of hydrogen-bond acceptors (Lipinski definition) is 3. The lowest BCUT2D eigenvalue weighted by Crippen LogP contribution is -2.01. The van der Waals surface area contributed by atoms with Gasteiger partial charge in [-0.25, -0.2) is 0 Å². The summed E-state index contributed by atoms with van der Waals surface area (Å²) in [6.45, 7) is 0. The van der Waals surface area contributed by atoms with Gasteiger partial charge in [-0.05, 0) is 133 Å². The van der Waals surface area contributed by atoms with Crippen molar-refractivity contribution >= 4 is 225 Å². The SMILES string of the molecule is c1ccc(-n2c3ccccc3c3ccccc32)c(-c2ccccc2-n2c3ccccc3c3c4c(ccc32)sc2ccccc24)c1.c1ccc(-n2c3ccccc3c3ccccc32)c(-c2ccccc2-n2c3ccccc3c3cc4c(cc32)sc2ccccc24)c1.c1ccc(-n2c3ccccc3c3ccccc32)c(-c2ccccc2-n2c3ccccc3c3ccc4c5ccccc5sc4c32)c1. The number of nitrogens with zero attached hydrogens (tertiary/aromatic N) is 6. The summed E-state index contributed by atoms with van der Waals surface area (Å²) in [5.74, 6) is 0. The maximum Gasteiger partial charge on any atom is 0.0720 e. The molecule has 6 nitrogen and oxygen atoms in total. The Morgan fingerprint density at radius 3 is 0.785 bits per heavy atom. The largest absolute Gasteiger partial charge is 0.309 e. The van der Waals surface area contributed by atoms with Crippen molar-refractivity contribution < 1.29 is 0 Å². The second-order valence-corrected chi connectivity index (χ2v) is 38.3. The Morgan fingerprint density at radius 2 is 0.385 bits per heavy atom. The highest BCUT2D eigenvalue weighted by Crippen LogP contribution is 2.51. The summed E-state index contributed by atoms with van der Waals surface area (Å²) in [5.41, 5.74) is 29.0. The van der Waals surface area contributed by atoms with E-state index in [9.17, 15) is 0 Å². The molecule has 135 heavy (non-hydrogen) atoms. The van der Waals surface area contributed by atoms with Gasteiger partial charge in [0.25, 0.3) is 0 Å². The average Bonchev–Trinajstić information content (AvgIpc) is 1.57. The number of fused-ring (bicyclic) bond motifs is 29. The fourth-order valence-corrected chi connectivity index (χ4v) is 25.9. The minimum absolute atomic E-state index is 1.18. The van der Waals surface area contributed by atoms with Crippen LogP contribution in [0.15, 0.2) is 473 Å². The molecular weight excluding hydrogens is 1690 g/mol. The van der Waals surface area contributed by atoms with E-state index in [4.69, 9.17) is 0 Å². The van der Waals surface area contributed by atoms with E-state index >= 15 is 0 Å². The molecule has 0 saturated carbocycles. The average molecular weight is 1770 g/mol. The molecule has 0 spiro atoms. The molecule has 30 aromatic rings. The van der Waals surface area contributed by atoms with Crippen molar-refractivity contribution in [2.75, 3.05) is 0 Å². The lowest BCUT2D eigenvalue weighted by molar-refractivity contribution is 1.16. The molecule has 9 heterocycles. The standard InChI is InChI=1S/3C42H26N2S/c1-7-19-35-27(13-1)28-14-2-8-20-36(28)43(35)37-21-9-3-15-29(37)30-16-4-10-22-38(30)44-39-23-11-5-17-31(39)33-25-34-32-18-6-12-24-41(32)45-42(34)26-40(33)44;1-7-19-35-27(13-1)28-14-2-8-20-36(28)43(35)37-21-9-3-15-29(37)30-16-4-10-22-38(30)44-39-23-11-5-17-31(39)33-25-26-34-32-18-6-12-24-40(32)45-42(34)41(33)44;1-7-19-33-27(13-1)28-14-2-8-20-34(28)43(33)35-21-9-3-15-29(35)30-16-4-10-22-36(30)44-37-23-11-5-17-31(37)41-38(44)25-26-40-42(41)32-18-6-12-24-39(32)45-40/h3*1-26H. The van der Waals surface area contributed by atoms with Gasteiger partial charge in [0.15, 0.2) is 0 Å². The van der Waals surface area contributed by atoms with Crippen molar-refractivity contribution in [2.24, 2.45) is 0 Å². The van der Waals surface area contributed by atoms with E-state index in [1.807, 2.05) is 34.0 Å². The number of para-hydroxylation sites is 15. The normalized spacial score (nSPS) is 12.0. The molecule has 0 N–H and O–H groups in total. The first-order chi connectivity index (χ1) is 67.1. The van der Waals surface area contributed by atoms with E-state index in [2.05, 4.69) is 501 Å². The van der Waals surface area contributed by atoms with Crippen LogP contribution in [0.4, 0.5) is 0 Å². The molecule has 0 atom stereocenters. The molecule has 0 unspecified atom stereocenters. The van der Waals surface area contributed by atoms with E-state index in [1.54, 1.807) is 0 Å². The molecule has 0 aliphatic carbocycles. The predicted molar refractivity (Wildman–Crippen MR) is 580 cm³/mol. The first-order valence-electron chi connectivity index (χ1n) is 46.1. The summed E-state index contributed by atoms with van der Waals surface area (Å²) in [5, 5.41) is 23.3. The van der Waals surface area contributed by atoms with E-state index in [0.29, 0.717) is 0 Å². The zero-order valence-corrected chi connectivity index (χ0v) is 75.4. The highest BCUT2D eigenvalue weighted by Gasteiger charge is 2.28. The summed E-state index contributed by atoms with van der Waals surface area (Å²) in [6.07, 6.45) is 0. The van der Waals surface area contributed by atoms with Crippen LogP contribution in [-0.2, 0) is 0 Å². The van der Waals surface area contributed by atoms with Crippen LogP contribution in [0.1, 0.15) is 0 Å². The monoisotopic (exact) mass is 1770 g/mol. The van der Waals surface area contributed by atoms with E-state index in [0.717, 1.165) is 0 Å². The molecule has 30 rings (SSSR count). The Hall–Kier alpha value is -16.9. The molecule has 0 radical (unpaired) electrons. The first-order valence-corrected chi connectivity index (χ1v) is 48.6. The number of aromatic nitrogens is 6. The van der Waals surface area contributed by atoms with Crippen LogP contribution in [0, 0.1) is 0 Å². The molecule has 0 bridgehead atoms. The van der Waals surface area contributed by atoms with Crippen LogP contribution in [0.25, 0.3) is 259 Å². The third-order valence-corrected chi connectivity index (χ3v) is 31.5. The van der Waals surface area contributed by atoms with Gasteiger partial charge in [-0.1, -0.05) is 340 Å². The van der Waals surface area contributed by atoms with Gasteiger partial charge in [0, 0.05) is 154 Å². The quantitative estimate of drug-likeness (QED) is 0.138. The lowest BCUT2D eigenvalue weighted by atomic mass is 10.0. The zero-order valence-electron chi connectivity index (χ0n) is 72.9. The highest BCUT2D eigenvalue weighted by atomic mass is 32.1. The van der Waals surface area contributed by atoms with Crippen LogP contribution >= 0.6 is 34.0 Å². The molecule has 630 valence electrons. The van der Waals surface area contributed by atoms with Gasteiger partial charge in [0.1, 0.15) is 0 Å². The fourth-order valence-electron chi connectivity index (χ4n) is 22.4. The van der Waals surface area contributed by atoms with Crippen molar-refractivity contribution in [1.29, 1.82) is 0 Å². The molecule has 0 amide bonds. The van der Waals surface area contributed by atoms with Crippen molar-refractivity contribution in [3.63, 3.8) is 0 Å². The van der Waals surface area contributed by atoms with Crippen molar-refractivity contribution in [3.8, 4) is 67.5 Å². The Kier molecular flexibility index (Phi) is 17.6. The van der Waals surface area contributed by atoms with Crippen molar-refractivity contribution in [3.05, 3.63) is 473 Å². The molecular formula is C126H78N6S3. The second kappa shape index (κ2) is 30.9. The molecule has 0 fully saturated rings. The Labute approximate surface area is 787 Å². The Balaban J connectivity index is 0.000000101. The highest BCUT2D eigenvalue weighted by molar-refractivity contribution is 7.27. The summed E-state index contributed by atoms with van der Waals surface area (Å²) in [7, 11) is 0. The van der Waals surface area contributed by atoms with Gasteiger partial charge in [-0.3, -0.25) is 0 Å². The molecule has 0 aliphatic rings. The smallest absolute Gasteiger partial charge is 0.0720 e. The van der Waals surface area contributed by atoms with Gasteiger partial charge in [0.05, 0.1) is 105 Å². The first kappa shape index (κ1) is 76.9. The molecule has 21 aromatic carbocycles. The molecule has 0 saturated heterocycles. The maximum absolute atomic E-state index is 2.51. The summed E-state index contributed by atoms with van der Waals surface area (Å²) >= 11 is 5.65. The van der Waals surface area contributed by atoms with E-state index < -0.39 is 0 Å². The lowest BCUT2D eigenvalue weighted by Gasteiger charge is -2.18. The van der Waals surface area contributed by atoms with Crippen molar-refractivity contribution in [1.82, 2.24) is 27.4 Å². The maximum atomic E-state index is 2.51. The van der Waals surface area contributed by atoms with E-state index in [1.165, 1.54) is 259 Å². The summed E-state index contributed by atoms with van der Waals surface area (Å²) < 4.78 is 22.7. The van der Waals surface area contributed by atoms with Crippen molar-refractivity contribution in [2.45, 2.75) is 0 Å². The van der Waals surface area contributed by atoms with E-state index in [-0.39, 0.29) is 0 Å². The van der Waals surface area contributed by atoms with Crippen LogP contribution < -0.4 is 0 Å². The topological polar surface area (TPSA) is 29.6 Å². The summed E-state index contributed by atoms with van der Waals surface area (Å²) in [6, 6.07) is 173. The van der Waals surface area contributed by atoms with Gasteiger partial charge in [-0.2, -0.15) is 0 Å². The third-order valence-electron chi connectivity index (χ3n) is 28.0. The molecule has 9 aromatic heterocycles. The minimum Gasteiger partial charge on any atom is -0.309 e. The van der Waals surface area contributed by atoms with Crippen LogP contribution in [0.2, 0.25) is 0 Å². The second-order valence-electron chi connectivity index (χ2n) is 35.1. The Bertz CT molecular complexity index is 9990. The van der Waals surface area contributed by atoms with Crippen LogP contribution in [-0.4, -0.2) is 27.4 Å². The number of hydrogen-bond donors (Lipinski definition) is 0. The number of thiophene rings is 3. The summed E-state index contributed by atoms with van der Waals surface area (Å²) in [4.78, 5) is 0. The van der Waals surface area contributed by atoms with Gasteiger partial charge in [-0.15, -0.1) is 34.0 Å². The van der Waals surface area contributed by atoms with Crippen LogP contribution in [0.3, 0.4) is 0 Å². The van der Waals surface area contributed by atoms with Gasteiger partial charge < -0.3 is 27.4 Å².